The van der Waals surface area contributed by atoms with Crippen LogP contribution in [0, 0.1) is 0 Å². The number of fused-ring (bicyclic) bond motifs is 1. The van der Waals surface area contributed by atoms with Crippen LogP contribution in [0.2, 0.25) is 0 Å². The average Bonchev–Trinajstić information content (AvgIpc) is 3.02. The van der Waals surface area contributed by atoms with Crippen LogP contribution in [-0.2, 0) is 17.6 Å². The molecule has 3 rings (SSSR count). The number of hydrogen-bond acceptors (Lipinski definition) is 5. The topological polar surface area (TPSA) is 76.2 Å². The predicted molar refractivity (Wildman–Crippen MR) is 69.2 cm³/mol. The number of aliphatic carboxylic acids is 1. The molecule has 1 aliphatic carbocycles. The summed E-state index contributed by atoms with van der Waals surface area (Å²) in [6.45, 7) is 0. The highest BCUT2D eigenvalue weighted by Crippen LogP contribution is 2.33. The Balaban J connectivity index is 1.70. The molecule has 1 aliphatic rings. The Kier molecular flexibility index (Phi) is 3.25. The second kappa shape index (κ2) is 5.05. The highest BCUT2D eigenvalue weighted by Gasteiger charge is 2.27. The van der Waals surface area contributed by atoms with Crippen molar-refractivity contribution < 1.29 is 14.3 Å². The van der Waals surface area contributed by atoms with Gasteiger partial charge in [0.05, 0.1) is 0 Å². The van der Waals surface area contributed by atoms with E-state index in [4.69, 9.17) is 9.52 Å². The lowest BCUT2D eigenvalue weighted by Gasteiger charge is -2.00. The molecule has 0 saturated carbocycles. The maximum atomic E-state index is 10.5. The maximum absolute atomic E-state index is 10.5. The van der Waals surface area contributed by atoms with E-state index in [-0.39, 0.29) is 11.7 Å². The van der Waals surface area contributed by atoms with Crippen molar-refractivity contribution in [2.24, 2.45) is 0 Å². The Labute approximate surface area is 114 Å². The van der Waals surface area contributed by atoms with Gasteiger partial charge in [-0.3, -0.25) is 4.79 Å². The minimum Gasteiger partial charge on any atom is -0.481 e. The number of hydrogen-bond donors (Lipinski definition) is 1. The van der Waals surface area contributed by atoms with Crippen LogP contribution in [0.1, 0.15) is 22.9 Å². The van der Waals surface area contributed by atoms with Crippen LogP contribution >= 0.6 is 11.8 Å². The smallest absolute Gasteiger partial charge is 0.314 e. The van der Waals surface area contributed by atoms with Gasteiger partial charge in [-0.2, -0.15) is 0 Å². The van der Waals surface area contributed by atoms with E-state index < -0.39 is 5.97 Å². The van der Waals surface area contributed by atoms with Crippen molar-refractivity contribution in [1.29, 1.82) is 0 Å². The van der Waals surface area contributed by atoms with Crippen molar-refractivity contribution in [2.45, 2.75) is 24.0 Å². The average molecular weight is 276 g/mol. The van der Waals surface area contributed by atoms with E-state index in [1.165, 1.54) is 11.1 Å². The Morgan fingerprint density at radius 3 is 2.63 bits per heavy atom. The summed E-state index contributed by atoms with van der Waals surface area (Å²) in [6.07, 6.45) is 1.81. The van der Waals surface area contributed by atoms with Crippen molar-refractivity contribution in [2.75, 3.05) is 5.75 Å². The van der Waals surface area contributed by atoms with Gasteiger partial charge in [0.15, 0.2) is 0 Å². The van der Waals surface area contributed by atoms with Crippen molar-refractivity contribution >= 4 is 17.7 Å². The number of carboxylic acids is 1. The van der Waals surface area contributed by atoms with Gasteiger partial charge < -0.3 is 9.52 Å². The molecule has 1 aromatic carbocycles. The Bertz CT molecular complexity index is 586. The minimum atomic E-state index is -0.891. The van der Waals surface area contributed by atoms with E-state index in [1.54, 1.807) is 0 Å². The summed E-state index contributed by atoms with van der Waals surface area (Å²) in [4.78, 5) is 10.5. The molecule has 0 unspecified atom stereocenters. The van der Waals surface area contributed by atoms with Gasteiger partial charge in [-0.05, 0) is 24.0 Å². The first-order valence-corrected chi connectivity index (χ1v) is 6.95. The summed E-state index contributed by atoms with van der Waals surface area (Å²) >= 11 is 1.05. The first-order chi connectivity index (χ1) is 9.22. The summed E-state index contributed by atoms with van der Waals surface area (Å²) in [6, 6.07) is 8.30. The van der Waals surface area contributed by atoms with Crippen molar-refractivity contribution in [3.05, 3.63) is 41.3 Å². The molecule has 6 heteroatoms. The van der Waals surface area contributed by atoms with Crippen LogP contribution in [0.15, 0.2) is 33.9 Å². The third-order valence-corrected chi connectivity index (χ3v) is 3.94. The zero-order valence-electron chi connectivity index (χ0n) is 10.1. The first kappa shape index (κ1) is 12.2. The largest absolute Gasteiger partial charge is 0.481 e. The quantitative estimate of drug-likeness (QED) is 0.862. The number of carboxylic acid groups (broad SMARTS) is 1. The first-order valence-electron chi connectivity index (χ1n) is 5.97. The zero-order valence-corrected chi connectivity index (χ0v) is 10.9. The molecular formula is C13H12N2O3S. The van der Waals surface area contributed by atoms with Crippen LogP contribution < -0.4 is 0 Å². The summed E-state index contributed by atoms with van der Waals surface area (Å²) in [5, 5.41) is 16.8. The molecule has 1 aromatic heterocycles. The summed E-state index contributed by atoms with van der Waals surface area (Å²) in [7, 11) is 0. The second-order valence-corrected chi connectivity index (χ2v) is 5.39. The van der Waals surface area contributed by atoms with E-state index >= 15 is 0 Å². The SMILES string of the molecule is O=C(O)CSc1nnc(C2Cc3ccccc3C2)o1. The Morgan fingerprint density at radius 2 is 2.00 bits per heavy atom. The van der Waals surface area contributed by atoms with Crippen molar-refractivity contribution in [3.63, 3.8) is 0 Å². The van der Waals surface area contributed by atoms with E-state index in [0.717, 1.165) is 24.6 Å². The van der Waals surface area contributed by atoms with Crippen LogP contribution in [0.25, 0.3) is 0 Å². The highest BCUT2D eigenvalue weighted by atomic mass is 32.2. The molecule has 5 nitrogen and oxygen atoms in total. The normalized spacial score (nSPS) is 14.5. The molecule has 0 amide bonds. The molecule has 98 valence electrons. The van der Waals surface area contributed by atoms with Gasteiger partial charge in [0.25, 0.3) is 5.22 Å². The molecule has 0 saturated heterocycles. The zero-order chi connectivity index (χ0) is 13.2. The second-order valence-electron chi connectivity index (χ2n) is 4.46. The van der Waals surface area contributed by atoms with Gasteiger partial charge in [0.2, 0.25) is 5.89 Å². The van der Waals surface area contributed by atoms with Crippen LogP contribution in [-0.4, -0.2) is 27.0 Å². The fourth-order valence-corrected chi connectivity index (χ4v) is 2.79. The standard InChI is InChI=1S/C13H12N2O3S/c16-11(17)7-19-13-15-14-12(18-13)10-5-8-3-1-2-4-9(8)6-10/h1-4,10H,5-7H2,(H,16,17). The molecule has 1 heterocycles. The molecule has 0 spiro atoms. The molecule has 0 fully saturated rings. The molecule has 0 radical (unpaired) electrons. The van der Waals surface area contributed by atoms with Gasteiger partial charge in [-0.15, -0.1) is 10.2 Å². The van der Waals surface area contributed by atoms with Gasteiger partial charge >= 0.3 is 5.97 Å². The monoisotopic (exact) mass is 276 g/mol. The summed E-state index contributed by atoms with van der Waals surface area (Å²) < 4.78 is 5.53. The van der Waals surface area contributed by atoms with Crippen molar-refractivity contribution in [1.82, 2.24) is 10.2 Å². The van der Waals surface area contributed by atoms with E-state index in [9.17, 15) is 4.79 Å². The van der Waals surface area contributed by atoms with E-state index in [0.29, 0.717) is 11.1 Å². The number of thioether (sulfide) groups is 1. The molecule has 0 bridgehead atoms. The fraction of sp³-hybridized carbons (Fsp3) is 0.308. The summed E-state index contributed by atoms with van der Waals surface area (Å²) in [5.74, 6) is -0.141. The molecule has 0 aliphatic heterocycles. The maximum Gasteiger partial charge on any atom is 0.314 e. The van der Waals surface area contributed by atoms with Gasteiger partial charge in [-0.25, -0.2) is 0 Å². The van der Waals surface area contributed by atoms with E-state index in [1.807, 2.05) is 12.1 Å². The molecule has 0 atom stereocenters. The number of nitrogens with zero attached hydrogens (tertiary/aromatic N) is 2. The van der Waals surface area contributed by atoms with Gasteiger partial charge in [0, 0.05) is 5.92 Å². The predicted octanol–water partition coefficient (Wildman–Crippen LogP) is 2.13. The molecule has 19 heavy (non-hydrogen) atoms. The van der Waals surface area contributed by atoms with Crippen molar-refractivity contribution in [3.8, 4) is 0 Å². The van der Waals surface area contributed by atoms with Gasteiger partial charge in [-0.1, -0.05) is 36.0 Å². The number of benzene rings is 1. The van der Waals surface area contributed by atoms with Gasteiger partial charge in [0.1, 0.15) is 5.75 Å². The molecule has 2 aromatic rings. The lowest BCUT2D eigenvalue weighted by molar-refractivity contribution is -0.133. The minimum absolute atomic E-state index is 0.0630. The molecule has 1 N–H and O–H groups in total. The highest BCUT2D eigenvalue weighted by molar-refractivity contribution is 7.99. The number of rotatable bonds is 4. The Hall–Kier alpha value is -1.82. The van der Waals surface area contributed by atoms with E-state index in [2.05, 4.69) is 22.3 Å². The fourth-order valence-electron chi connectivity index (χ4n) is 2.30. The third kappa shape index (κ3) is 2.63. The van der Waals surface area contributed by atoms with Crippen LogP contribution in [0.3, 0.4) is 0 Å². The lowest BCUT2D eigenvalue weighted by Crippen LogP contribution is -1.98. The van der Waals surface area contributed by atoms with Crippen LogP contribution in [0.4, 0.5) is 0 Å². The lowest BCUT2D eigenvalue weighted by atomic mass is 10.1. The number of carbonyl (C=O) groups is 1. The summed E-state index contributed by atoms with van der Waals surface area (Å²) in [5.41, 5.74) is 2.65. The molecular weight excluding hydrogens is 264 g/mol. The van der Waals surface area contributed by atoms with Crippen LogP contribution in [0.5, 0.6) is 0 Å². The Morgan fingerprint density at radius 1 is 1.32 bits per heavy atom. The third-order valence-electron chi connectivity index (χ3n) is 3.14. The number of aromatic nitrogens is 2.